The molecule has 1 saturated carbocycles. The highest BCUT2D eigenvalue weighted by Gasteiger charge is 2.46. The van der Waals surface area contributed by atoms with E-state index >= 15 is 0 Å². The van der Waals surface area contributed by atoms with E-state index < -0.39 is 0 Å². The van der Waals surface area contributed by atoms with Crippen molar-refractivity contribution in [3.63, 3.8) is 0 Å². The highest BCUT2D eigenvalue weighted by molar-refractivity contribution is 5.89. The van der Waals surface area contributed by atoms with E-state index in [1.54, 1.807) is 7.11 Å². The lowest BCUT2D eigenvalue weighted by molar-refractivity contribution is -0.0193. The molecule has 1 aromatic rings. The van der Waals surface area contributed by atoms with Crippen LogP contribution < -0.4 is 15.4 Å². The molecule has 2 amide bonds. The quantitative estimate of drug-likeness (QED) is 0.864. The molecule has 0 spiro atoms. The van der Waals surface area contributed by atoms with Crippen LogP contribution in [0.2, 0.25) is 0 Å². The number of amides is 2. The molecule has 1 fully saturated rings. The second-order valence-electron chi connectivity index (χ2n) is 6.42. The maximum Gasteiger partial charge on any atom is 0.319 e. The van der Waals surface area contributed by atoms with E-state index in [0.717, 1.165) is 23.9 Å². The molecule has 1 aliphatic rings. The van der Waals surface area contributed by atoms with Crippen molar-refractivity contribution in [1.29, 1.82) is 0 Å². The summed E-state index contributed by atoms with van der Waals surface area (Å²) in [4.78, 5) is 11.9. The molecule has 0 aliphatic heterocycles. The van der Waals surface area contributed by atoms with Crippen LogP contribution in [-0.4, -0.2) is 19.7 Å². The number of nitrogens with one attached hydrogen (secondary N) is 2. The Bertz CT molecular complexity index is 482. The Morgan fingerprint density at radius 3 is 2.48 bits per heavy atom. The van der Waals surface area contributed by atoms with Crippen molar-refractivity contribution in [1.82, 2.24) is 5.32 Å². The molecule has 1 aliphatic carbocycles. The normalized spacial score (nSPS) is 23.0. The second kappa shape index (κ2) is 6.37. The average molecular weight is 290 g/mol. The summed E-state index contributed by atoms with van der Waals surface area (Å²) >= 11 is 0. The molecule has 0 heterocycles. The van der Waals surface area contributed by atoms with Crippen LogP contribution in [0, 0.1) is 17.3 Å². The van der Waals surface area contributed by atoms with E-state index in [4.69, 9.17) is 4.74 Å². The van der Waals surface area contributed by atoms with Crippen LogP contribution in [0.5, 0.6) is 5.75 Å². The number of urea groups is 1. The Kier molecular flexibility index (Phi) is 4.76. The topological polar surface area (TPSA) is 50.4 Å². The van der Waals surface area contributed by atoms with Crippen molar-refractivity contribution < 1.29 is 9.53 Å². The summed E-state index contributed by atoms with van der Waals surface area (Å²) in [7, 11) is 1.62. The van der Waals surface area contributed by atoms with Gasteiger partial charge in [0.15, 0.2) is 0 Å². The van der Waals surface area contributed by atoms with Crippen LogP contribution in [0.3, 0.4) is 0 Å². The van der Waals surface area contributed by atoms with Gasteiger partial charge in [-0.3, -0.25) is 0 Å². The van der Waals surface area contributed by atoms with E-state index in [2.05, 4.69) is 31.4 Å². The Balaban J connectivity index is 1.77. The van der Waals surface area contributed by atoms with Gasteiger partial charge in [0.25, 0.3) is 0 Å². The largest absolute Gasteiger partial charge is 0.497 e. The van der Waals surface area contributed by atoms with Crippen LogP contribution in [-0.2, 0) is 0 Å². The Morgan fingerprint density at radius 2 is 1.95 bits per heavy atom. The monoisotopic (exact) mass is 290 g/mol. The number of carbonyl (C=O) groups excluding carboxylic acids is 1. The van der Waals surface area contributed by atoms with Crippen molar-refractivity contribution in [3.05, 3.63) is 24.3 Å². The first kappa shape index (κ1) is 15.7. The second-order valence-corrected chi connectivity index (χ2v) is 6.42. The molecule has 0 aromatic heterocycles. The minimum atomic E-state index is -0.143. The minimum absolute atomic E-state index is 0.143. The lowest BCUT2D eigenvalue weighted by Gasteiger charge is -2.52. The van der Waals surface area contributed by atoms with Crippen LogP contribution in [0.15, 0.2) is 24.3 Å². The lowest BCUT2D eigenvalue weighted by Crippen LogP contribution is -2.50. The van der Waals surface area contributed by atoms with Crippen LogP contribution in [0.4, 0.5) is 10.5 Å². The fourth-order valence-corrected chi connectivity index (χ4v) is 3.23. The summed E-state index contributed by atoms with van der Waals surface area (Å²) in [5.74, 6) is 2.14. The van der Waals surface area contributed by atoms with Crippen LogP contribution in [0.25, 0.3) is 0 Å². The first-order chi connectivity index (χ1) is 9.97. The molecule has 0 radical (unpaired) electrons. The molecule has 4 nitrogen and oxygen atoms in total. The van der Waals surface area contributed by atoms with Crippen molar-refractivity contribution in [2.75, 3.05) is 19.0 Å². The number of benzene rings is 1. The number of ether oxygens (including phenoxy) is 1. The number of hydrogen-bond acceptors (Lipinski definition) is 2. The molecule has 4 heteroatoms. The molecule has 2 rings (SSSR count). The molecule has 116 valence electrons. The highest BCUT2D eigenvalue weighted by atomic mass is 16.5. The van der Waals surface area contributed by atoms with E-state index in [1.807, 2.05) is 24.3 Å². The molecule has 21 heavy (non-hydrogen) atoms. The van der Waals surface area contributed by atoms with E-state index in [0.29, 0.717) is 11.3 Å². The van der Waals surface area contributed by atoms with Gasteiger partial charge in [0, 0.05) is 12.2 Å². The molecule has 2 N–H and O–H groups in total. The first-order valence-corrected chi connectivity index (χ1v) is 7.66. The number of hydrogen-bond donors (Lipinski definition) is 2. The Hall–Kier alpha value is -1.71. The van der Waals surface area contributed by atoms with Crippen molar-refractivity contribution >= 4 is 11.7 Å². The predicted molar refractivity (Wildman–Crippen MR) is 85.7 cm³/mol. The smallest absolute Gasteiger partial charge is 0.319 e. The van der Waals surface area contributed by atoms with Gasteiger partial charge < -0.3 is 15.4 Å². The lowest BCUT2D eigenvalue weighted by atomic mass is 9.54. The Labute approximate surface area is 127 Å². The van der Waals surface area contributed by atoms with E-state index in [9.17, 15) is 4.79 Å². The summed E-state index contributed by atoms with van der Waals surface area (Å²) in [5.41, 5.74) is 1.11. The highest BCUT2D eigenvalue weighted by Crippen LogP contribution is 2.52. The minimum Gasteiger partial charge on any atom is -0.497 e. The van der Waals surface area contributed by atoms with Crippen LogP contribution in [0.1, 0.15) is 33.6 Å². The fraction of sp³-hybridized carbons (Fsp3) is 0.588. The van der Waals surface area contributed by atoms with Gasteiger partial charge in [-0.1, -0.05) is 27.2 Å². The molecular weight excluding hydrogens is 264 g/mol. The van der Waals surface area contributed by atoms with Gasteiger partial charge in [-0.05, 0) is 47.9 Å². The van der Waals surface area contributed by atoms with Crippen molar-refractivity contribution in [2.24, 2.45) is 17.3 Å². The number of rotatable bonds is 5. The van der Waals surface area contributed by atoms with Gasteiger partial charge in [0.1, 0.15) is 5.75 Å². The van der Waals surface area contributed by atoms with Gasteiger partial charge in [-0.25, -0.2) is 4.79 Å². The average Bonchev–Trinajstić information content (AvgIpc) is 2.47. The molecule has 2 unspecified atom stereocenters. The zero-order chi connectivity index (χ0) is 15.5. The molecule has 2 atom stereocenters. The zero-order valence-corrected chi connectivity index (χ0v) is 13.4. The third-order valence-electron chi connectivity index (χ3n) is 5.02. The molecule has 0 saturated heterocycles. The molecular formula is C17H26N2O2. The molecule has 0 bridgehead atoms. The predicted octanol–water partition coefficient (Wildman–Crippen LogP) is 3.89. The summed E-state index contributed by atoms with van der Waals surface area (Å²) in [6.07, 6.45) is 2.44. The maximum atomic E-state index is 11.9. The number of carbonyl (C=O) groups is 1. The summed E-state index contributed by atoms with van der Waals surface area (Å²) in [5, 5.41) is 5.82. The third kappa shape index (κ3) is 3.49. The van der Waals surface area contributed by atoms with Gasteiger partial charge in [-0.15, -0.1) is 0 Å². The van der Waals surface area contributed by atoms with Crippen LogP contribution >= 0.6 is 0 Å². The zero-order valence-electron chi connectivity index (χ0n) is 13.4. The van der Waals surface area contributed by atoms with E-state index in [-0.39, 0.29) is 6.03 Å². The number of anilines is 1. The first-order valence-electron chi connectivity index (χ1n) is 7.66. The van der Waals surface area contributed by atoms with Gasteiger partial charge in [0.2, 0.25) is 0 Å². The fourth-order valence-electron chi connectivity index (χ4n) is 3.23. The maximum absolute atomic E-state index is 11.9. The summed E-state index contributed by atoms with van der Waals surface area (Å²) < 4.78 is 5.09. The summed E-state index contributed by atoms with van der Waals surface area (Å²) in [6, 6.07) is 7.18. The number of methoxy groups -OCH3 is 1. The SMILES string of the molecule is CCC1CC(CNC(=O)Nc2ccc(OC)cc2)C1(C)C. The van der Waals surface area contributed by atoms with Gasteiger partial charge >= 0.3 is 6.03 Å². The van der Waals surface area contributed by atoms with Gasteiger partial charge in [0.05, 0.1) is 7.11 Å². The molecule has 1 aromatic carbocycles. The summed E-state index contributed by atoms with van der Waals surface area (Å²) in [6.45, 7) is 7.59. The third-order valence-corrected chi connectivity index (χ3v) is 5.02. The van der Waals surface area contributed by atoms with Crippen molar-refractivity contribution in [3.8, 4) is 5.75 Å². The Morgan fingerprint density at radius 1 is 1.29 bits per heavy atom. The van der Waals surface area contributed by atoms with Gasteiger partial charge in [-0.2, -0.15) is 0 Å². The van der Waals surface area contributed by atoms with Crippen molar-refractivity contribution in [2.45, 2.75) is 33.6 Å². The van der Waals surface area contributed by atoms with E-state index in [1.165, 1.54) is 12.8 Å². The standard InChI is InChI=1S/C17H26N2O2/c1-5-12-10-13(17(12,2)3)11-18-16(20)19-14-6-8-15(21-4)9-7-14/h6-9,12-13H,5,10-11H2,1-4H3,(H2,18,19,20).